The summed E-state index contributed by atoms with van der Waals surface area (Å²) in [7, 11) is 0. The molecule has 1 atom stereocenters. The van der Waals surface area contributed by atoms with Crippen molar-refractivity contribution in [1.82, 2.24) is 0 Å². The van der Waals surface area contributed by atoms with Crippen molar-refractivity contribution in [2.45, 2.75) is 18.9 Å². The van der Waals surface area contributed by atoms with Gasteiger partial charge in [-0.05, 0) is 25.0 Å². The molecule has 7 nitrogen and oxygen atoms in total. The highest BCUT2D eigenvalue weighted by Gasteiger charge is 2.20. The number of nitro benzene ring substituents is 1. The number of benzene rings is 1. The second-order valence-electron chi connectivity index (χ2n) is 4.41. The van der Waals surface area contributed by atoms with Crippen LogP contribution in [0.3, 0.4) is 0 Å². The summed E-state index contributed by atoms with van der Waals surface area (Å²) in [5.41, 5.74) is 5.47. The second-order valence-corrected chi connectivity index (χ2v) is 4.41. The number of anilines is 1. The Hall–Kier alpha value is -2.15. The van der Waals surface area contributed by atoms with E-state index in [-0.39, 0.29) is 17.3 Å². The minimum atomic E-state index is -0.685. The number of hydrogen-bond acceptors (Lipinski definition) is 5. The minimum Gasteiger partial charge on any atom is -0.379 e. The zero-order valence-corrected chi connectivity index (χ0v) is 10.3. The summed E-state index contributed by atoms with van der Waals surface area (Å²) >= 11 is 0. The topological polar surface area (TPSA) is 107 Å². The number of hydrogen-bond donors (Lipinski definition) is 2. The highest BCUT2D eigenvalue weighted by molar-refractivity contribution is 5.94. The van der Waals surface area contributed by atoms with E-state index in [1.165, 1.54) is 18.2 Å². The van der Waals surface area contributed by atoms with Crippen LogP contribution in [0.1, 0.15) is 23.2 Å². The van der Waals surface area contributed by atoms with Crippen LogP contribution in [0.15, 0.2) is 18.2 Å². The Morgan fingerprint density at radius 2 is 2.32 bits per heavy atom. The van der Waals surface area contributed by atoms with E-state index in [1.807, 2.05) is 0 Å². The van der Waals surface area contributed by atoms with Crippen LogP contribution in [0, 0.1) is 10.1 Å². The molecule has 7 heteroatoms. The molecule has 1 amide bonds. The number of nitrogens with two attached hydrogens (primary N) is 1. The van der Waals surface area contributed by atoms with Crippen LogP contribution < -0.4 is 11.1 Å². The number of carbonyl (C=O) groups excluding carboxylic acids is 1. The highest BCUT2D eigenvalue weighted by atomic mass is 16.6. The van der Waals surface area contributed by atoms with Gasteiger partial charge in [-0.3, -0.25) is 14.9 Å². The fourth-order valence-electron chi connectivity index (χ4n) is 2.03. The molecular weight excluding hydrogens is 250 g/mol. The van der Waals surface area contributed by atoms with Crippen molar-refractivity contribution in [2.75, 3.05) is 18.5 Å². The Morgan fingerprint density at radius 1 is 1.53 bits per heavy atom. The maximum absolute atomic E-state index is 11.0. The first-order chi connectivity index (χ1) is 9.08. The monoisotopic (exact) mass is 265 g/mol. The highest BCUT2D eigenvalue weighted by Crippen LogP contribution is 2.27. The van der Waals surface area contributed by atoms with Crippen LogP contribution in [0.25, 0.3) is 0 Å². The predicted molar refractivity (Wildman–Crippen MR) is 69.1 cm³/mol. The standard InChI is InChI=1S/C12H15N3O4/c13-12(16)8-3-4-10(11(6-8)15(17)18)14-9-2-1-5-19-7-9/h3-4,6,9,14H,1-2,5,7H2,(H2,13,16). The number of carbonyl (C=O) groups is 1. The lowest BCUT2D eigenvalue weighted by molar-refractivity contribution is -0.384. The summed E-state index contributed by atoms with van der Waals surface area (Å²) in [4.78, 5) is 21.5. The molecule has 1 aliphatic heterocycles. The lowest BCUT2D eigenvalue weighted by atomic mass is 10.1. The normalized spacial score (nSPS) is 18.8. The molecule has 0 spiro atoms. The maximum atomic E-state index is 11.0. The predicted octanol–water partition coefficient (Wildman–Crippen LogP) is 1.28. The molecule has 0 aliphatic carbocycles. The molecule has 1 aliphatic rings. The molecule has 1 aromatic rings. The average Bonchev–Trinajstić information content (AvgIpc) is 2.39. The van der Waals surface area contributed by atoms with Gasteiger partial charge in [0.25, 0.3) is 5.69 Å². The van der Waals surface area contributed by atoms with Gasteiger partial charge < -0.3 is 15.8 Å². The third kappa shape index (κ3) is 3.19. The van der Waals surface area contributed by atoms with Gasteiger partial charge in [-0.1, -0.05) is 0 Å². The van der Waals surface area contributed by atoms with Gasteiger partial charge in [0.15, 0.2) is 0 Å². The molecule has 1 saturated heterocycles. The summed E-state index contributed by atoms with van der Waals surface area (Å²) in [5.74, 6) is -0.685. The zero-order valence-electron chi connectivity index (χ0n) is 10.3. The van der Waals surface area contributed by atoms with Crippen LogP contribution in [-0.2, 0) is 4.74 Å². The van der Waals surface area contributed by atoms with Gasteiger partial charge in [0.1, 0.15) is 5.69 Å². The number of rotatable bonds is 4. The first kappa shape index (κ1) is 13.3. The first-order valence-corrected chi connectivity index (χ1v) is 6.00. The molecule has 2 rings (SSSR count). The summed E-state index contributed by atoms with van der Waals surface area (Å²) in [6.07, 6.45) is 1.82. The van der Waals surface area contributed by atoms with Crippen molar-refractivity contribution in [1.29, 1.82) is 0 Å². The minimum absolute atomic E-state index is 0.0480. The smallest absolute Gasteiger partial charge is 0.293 e. The van der Waals surface area contributed by atoms with Crippen LogP contribution in [0.4, 0.5) is 11.4 Å². The van der Waals surface area contributed by atoms with Crippen LogP contribution in [0.2, 0.25) is 0 Å². The molecule has 102 valence electrons. The molecular formula is C12H15N3O4. The first-order valence-electron chi connectivity index (χ1n) is 6.00. The fraction of sp³-hybridized carbons (Fsp3) is 0.417. The van der Waals surface area contributed by atoms with E-state index in [4.69, 9.17) is 10.5 Å². The second kappa shape index (κ2) is 5.66. The molecule has 1 fully saturated rings. The average molecular weight is 265 g/mol. The van der Waals surface area contributed by atoms with E-state index in [0.717, 1.165) is 19.4 Å². The molecule has 1 heterocycles. The molecule has 3 N–H and O–H groups in total. The lowest BCUT2D eigenvalue weighted by Crippen LogP contribution is -2.30. The van der Waals surface area contributed by atoms with Gasteiger partial charge >= 0.3 is 0 Å². The van der Waals surface area contributed by atoms with Gasteiger partial charge in [-0.15, -0.1) is 0 Å². The molecule has 0 radical (unpaired) electrons. The number of amides is 1. The molecule has 0 bridgehead atoms. The van der Waals surface area contributed by atoms with Gasteiger partial charge in [0.2, 0.25) is 5.91 Å². The van der Waals surface area contributed by atoms with Crippen molar-refractivity contribution < 1.29 is 14.5 Å². The SMILES string of the molecule is NC(=O)c1ccc(NC2CCCOC2)c([N+](=O)[O-])c1. The van der Waals surface area contributed by atoms with Crippen molar-refractivity contribution in [3.63, 3.8) is 0 Å². The van der Waals surface area contributed by atoms with Gasteiger partial charge in [0, 0.05) is 24.3 Å². The van der Waals surface area contributed by atoms with Crippen LogP contribution in [0.5, 0.6) is 0 Å². The molecule has 19 heavy (non-hydrogen) atoms. The van der Waals surface area contributed by atoms with Crippen molar-refractivity contribution in [2.24, 2.45) is 5.73 Å². The number of nitrogens with one attached hydrogen (secondary N) is 1. The molecule has 0 aromatic heterocycles. The number of primary amides is 1. The number of ether oxygens (including phenoxy) is 1. The quantitative estimate of drug-likeness (QED) is 0.630. The Balaban J connectivity index is 2.23. The summed E-state index contributed by atoms with van der Waals surface area (Å²) in [6, 6.07) is 4.22. The Morgan fingerprint density at radius 3 is 2.89 bits per heavy atom. The van der Waals surface area contributed by atoms with E-state index in [1.54, 1.807) is 0 Å². The summed E-state index contributed by atoms with van der Waals surface area (Å²) in [6.45, 7) is 1.25. The largest absolute Gasteiger partial charge is 0.379 e. The Labute approximate surface area is 109 Å². The molecule has 1 unspecified atom stereocenters. The van der Waals surface area contributed by atoms with Crippen molar-refractivity contribution >= 4 is 17.3 Å². The Bertz CT molecular complexity index is 498. The number of nitro groups is 1. The third-order valence-electron chi connectivity index (χ3n) is 3.00. The fourth-order valence-corrected chi connectivity index (χ4v) is 2.03. The third-order valence-corrected chi connectivity index (χ3v) is 3.00. The number of nitrogens with zero attached hydrogens (tertiary/aromatic N) is 1. The van der Waals surface area contributed by atoms with Crippen molar-refractivity contribution in [3.8, 4) is 0 Å². The van der Waals surface area contributed by atoms with Gasteiger partial charge in [0.05, 0.1) is 11.5 Å². The molecule has 0 saturated carbocycles. The van der Waals surface area contributed by atoms with Crippen molar-refractivity contribution in [3.05, 3.63) is 33.9 Å². The maximum Gasteiger partial charge on any atom is 0.293 e. The summed E-state index contributed by atoms with van der Waals surface area (Å²) < 4.78 is 5.31. The zero-order chi connectivity index (χ0) is 13.8. The van der Waals surface area contributed by atoms with E-state index in [0.29, 0.717) is 12.3 Å². The molecule has 1 aromatic carbocycles. The van der Waals surface area contributed by atoms with Crippen LogP contribution >= 0.6 is 0 Å². The van der Waals surface area contributed by atoms with E-state index in [9.17, 15) is 14.9 Å². The van der Waals surface area contributed by atoms with Crippen LogP contribution in [-0.4, -0.2) is 30.1 Å². The van der Waals surface area contributed by atoms with E-state index in [2.05, 4.69) is 5.32 Å². The van der Waals surface area contributed by atoms with Gasteiger partial charge in [-0.25, -0.2) is 0 Å². The summed E-state index contributed by atoms with van der Waals surface area (Å²) in [5, 5.41) is 14.1. The van der Waals surface area contributed by atoms with E-state index >= 15 is 0 Å². The lowest BCUT2D eigenvalue weighted by Gasteiger charge is -2.24. The Kier molecular flexibility index (Phi) is 3.96. The van der Waals surface area contributed by atoms with Gasteiger partial charge in [-0.2, -0.15) is 0 Å². The van der Waals surface area contributed by atoms with E-state index < -0.39 is 10.8 Å².